The molecule has 20 heavy (non-hydrogen) atoms. The molecule has 1 unspecified atom stereocenters. The van der Waals surface area contributed by atoms with Crippen LogP contribution in [0.5, 0.6) is 11.5 Å². The first-order chi connectivity index (χ1) is 9.13. The minimum Gasteiger partial charge on any atom is -0.451 e. The second kappa shape index (κ2) is 7.19. The highest BCUT2D eigenvalue weighted by atomic mass is 35.5. The van der Waals surface area contributed by atoms with Crippen LogP contribution in [0.1, 0.15) is 11.6 Å². The Hall–Kier alpha value is -1.69. The number of rotatable bonds is 4. The number of halogens is 3. The van der Waals surface area contributed by atoms with E-state index in [1.54, 1.807) is 30.3 Å². The van der Waals surface area contributed by atoms with E-state index in [2.05, 4.69) is 0 Å². The Morgan fingerprint density at radius 3 is 2.35 bits per heavy atom. The van der Waals surface area contributed by atoms with Gasteiger partial charge in [0.25, 0.3) is 0 Å². The fraction of sp³-hybridized carbons (Fsp3) is 0.143. The molecule has 0 saturated heterocycles. The number of ether oxygens (including phenoxy) is 1. The number of aliphatic hydroxyl groups excluding tert-OH is 1. The van der Waals surface area contributed by atoms with Gasteiger partial charge in [-0.1, -0.05) is 24.3 Å². The summed E-state index contributed by atoms with van der Waals surface area (Å²) in [5.41, 5.74) is 5.55. The zero-order valence-corrected chi connectivity index (χ0v) is 11.2. The fourth-order valence-corrected chi connectivity index (χ4v) is 1.63. The van der Waals surface area contributed by atoms with E-state index in [-0.39, 0.29) is 18.0 Å². The van der Waals surface area contributed by atoms with E-state index in [1.807, 2.05) is 0 Å². The Balaban J connectivity index is 0.00000200. The SMILES string of the molecule is Cl.NC(CO)c1ccc(F)c(Oc2ccccc2)c1F. The fourth-order valence-electron chi connectivity index (χ4n) is 1.63. The molecule has 0 fully saturated rings. The first-order valence-corrected chi connectivity index (χ1v) is 5.70. The summed E-state index contributed by atoms with van der Waals surface area (Å²) < 4.78 is 32.9. The summed E-state index contributed by atoms with van der Waals surface area (Å²) in [7, 11) is 0. The second-order valence-electron chi connectivity index (χ2n) is 3.98. The molecule has 2 aromatic rings. The zero-order chi connectivity index (χ0) is 13.8. The van der Waals surface area contributed by atoms with Gasteiger partial charge in [0.2, 0.25) is 0 Å². The number of aliphatic hydroxyl groups is 1. The van der Waals surface area contributed by atoms with E-state index in [0.29, 0.717) is 5.75 Å². The molecule has 0 aliphatic rings. The molecule has 0 amide bonds. The molecule has 0 aromatic heterocycles. The maximum absolute atomic E-state index is 14.1. The maximum atomic E-state index is 14.1. The molecule has 0 saturated carbocycles. The van der Waals surface area contributed by atoms with Gasteiger partial charge in [-0.25, -0.2) is 8.78 Å². The summed E-state index contributed by atoms with van der Waals surface area (Å²) in [5, 5.41) is 8.94. The first-order valence-electron chi connectivity index (χ1n) is 5.70. The molecule has 0 bridgehead atoms. The number of hydrogen-bond acceptors (Lipinski definition) is 3. The van der Waals surface area contributed by atoms with Gasteiger partial charge in [0.05, 0.1) is 12.6 Å². The summed E-state index contributed by atoms with van der Waals surface area (Å²) in [6.07, 6.45) is 0. The number of para-hydroxylation sites is 1. The van der Waals surface area contributed by atoms with Crippen LogP contribution >= 0.6 is 12.4 Å². The van der Waals surface area contributed by atoms with Gasteiger partial charge in [-0.2, -0.15) is 0 Å². The van der Waals surface area contributed by atoms with Crippen molar-refractivity contribution in [3.8, 4) is 11.5 Å². The normalized spacial score (nSPS) is 11.6. The Bertz CT molecular complexity index is 567. The first kappa shape index (κ1) is 16.4. The van der Waals surface area contributed by atoms with Gasteiger partial charge in [0.1, 0.15) is 5.75 Å². The van der Waals surface area contributed by atoms with Gasteiger partial charge in [0, 0.05) is 5.56 Å². The number of benzene rings is 2. The average molecular weight is 302 g/mol. The van der Waals surface area contributed by atoms with Crippen LogP contribution < -0.4 is 10.5 Å². The van der Waals surface area contributed by atoms with E-state index in [4.69, 9.17) is 15.6 Å². The monoisotopic (exact) mass is 301 g/mol. The minimum absolute atomic E-state index is 0. The molecule has 0 aliphatic heterocycles. The van der Waals surface area contributed by atoms with Crippen molar-refractivity contribution in [3.05, 3.63) is 59.7 Å². The lowest BCUT2D eigenvalue weighted by atomic mass is 10.1. The molecule has 3 nitrogen and oxygen atoms in total. The molecule has 2 aromatic carbocycles. The molecule has 0 spiro atoms. The van der Waals surface area contributed by atoms with Crippen LogP contribution in [0, 0.1) is 11.6 Å². The molecule has 0 radical (unpaired) electrons. The molecule has 6 heteroatoms. The Morgan fingerprint density at radius 2 is 1.75 bits per heavy atom. The summed E-state index contributed by atoms with van der Waals surface area (Å²) in [6.45, 7) is -0.437. The van der Waals surface area contributed by atoms with Crippen LogP contribution in [-0.4, -0.2) is 11.7 Å². The van der Waals surface area contributed by atoms with Gasteiger partial charge in [-0.05, 0) is 18.2 Å². The van der Waals surface area contributed by atoms with Crippen LogP contribution in [0.15, 0.2) is 42.5 Å². The lowest BCUT2D eigenvalue weighted by Crippen LogP contribution is -2.16. The molecule has 3 N–H and O–H groups in total. The third kappa shape index (κ3) is 3.45. The van der Waals surface area contributed by atoms with Gasteiger partial charge in [-0.3, -0.25) is 0 Å². The standard InChI is InChI=1S/C14H13F2NO2.ClH/c15-11-7-6-10(12(17)8-18)13(16)14(11)19-9-4-2-1-3-5-9;/h1-7,12,18H,8,17H2;1H. The van der Waals surface area contributed by atoms with Crippen LogP contribution in [-0.2, 0) is 0 Å². The van der Waals surface area contributed by atoms with E-state index >= 15 is 0 Å². The summed E-state index contributed by atoms with van der Waals surface area (Å²) >= 11 is 0. The summed E-state index contributed by atoms with van der Waals surface area (Å²) in [6, 6.07) is 9.64. The van der Waals surface area contributed by atoms with E-state index in [0.717, 1.165) is 6.07 Å². The molecule has 2 rings (SSSR count). The van der Waals surface area contributed by atoms with E-state index in [1.165, 1.54) is 6.07 Å². The smallest absolute Gasteiger partial charge is 0.198 e. The Labute approximate surface area is 121 Å². The predicted molar refractivity (Wildman–Crippen MR) is 74.1 cm³/mol. The largest absolute Gasteiger partial charge is 0.451 e. The lowest BCUT2D eigenvalue weighted by Gasteiger charge is -2.14. The van der Waals surface area contributed by atoms with E-state index in [9.17, 15) is 8.78 Å². The Kier molecular flexibility index (Phi) is 5.88. The van der Waals surface area contributed by atoms with Crippen molar-refractivity contribution in [2.75, 3.05) is 6.61 Å². The number of nitrogens with two attached hydrogens (primary N) is 1. The number of hydrogen-bond donors (Lipinski definition) is 2. The van der Waals surface area contributed by atoms with Crippen molar-refractivity contribution in [1.29, 1.82) is 0 Å². The van der Waals surface area contributed by atoms with Crippen molar-refractivity contribution < 1.29 is 18.6 Å². The molecule has 0 heterocycles. The van der Waals surface area contributed by atoms with Crippen LogP contribution in [0.4, 0.5) is 8.78 Å². The van der Waals surface area contributed by atoms with Crippen LogP contribution in [0.25, 0.3) is 0 Å². The molecule has 0 aliphatic carbocycles. The van der Waals surface area contributed by atoms with Gasteiger partial charge < -0.3 is 15.6 Å². The molecular weight excluding hydrogens is 288 g/mol. The Morgan fingerprint density at radius 1 is 1.10 bits per heavy atom. The predicted octanol–water partition coefficient (Wildman–Crippen LogP) is 3.17. The molecule has 1 atom stereocenters. The third-order valence-electron chi connectivity index (χ3n) is 2.64. The van der Waals surface area contributed by atoms with Gasteiger partial charge in [0.15, 0.2) is 17.4 Å². The minimum atomic E-state index is -0.918. The third-order valence-corrected chi connectivity index (χ3v) is 2.64. The zero-order valence-electron chi connectivity index (χ0n) is 10.4. The van der Waals surface area contributed by atoms with Crippen molar-refractivity contribution in [3.63, 3.8) is 0 Å². The highest BCUT2D eigenvalue weighted by Gasteiger charge is 2.19. The van der Waals surface area contributed by atoms with Crippen molar-refractivity contribution in [2.45, 2.75) is 6.04 Å². The van der Waals surface area contributed by atoms with Crippen molar-refractivity contribution >= 4 is 12.4 Å². The summed E-state index contributed by atoms with van der Waals surface area (Å²) in [4.78, 5) is 0. The molecular formula is C14H14ClF2NO2. The molecule has 108 valence electrons. The highest BCUT2D eigenvalue weighted by Crippen LogP contribution is 2.31. The van der Waals surface area contributed by atoms with Gasteiger partial charge in [-0.15, -0.1) is 12.4 Å². The maximum Gasteiger partial charge on any atom is 0.198 e. The van der Waals surface area contributed by atoms with Crippen molar-refractivity contribution in [1.82, 2.24) is 0 Å². The average Bonchev–Trinajstić information content (AvgIpc) is 2.44. The quantitative estimate of drug-likeness (QED) is 0.912. The highest BCUT2D eigenvalue weighted by molar-refractivity contribution is 5.85. The van der Waals surface area contributed by atoms with Crippen LogP contribution in [0.3, 0.4) is 0 Å². The topological polar surface area (TPSA) is 55.5 Å². The van der Waals surface area contributed by atoms with Gasteiger partial charge >= 0.3 is 0 Å². The van der Waals surface area contributed by atoms with Crippen molar-refractivity contribution in [2.24, 2.45) is 5.73 Å². The van der Waals surface area contributed by atoms with E-state index < -0.39 is 30.0 Å². The second-order valence-corrected chi connectivity index (χ2v) is 3.98. The summed E-state index contributed by atoms with van der Waals surface area (Å²) in [5.74, 6) is -1.93. The lowest BCUT2D eigenvalue weighted by molar-refractivity contribution is 0.264. The van der Waals surface area contributed by atoms with Crippen LogP contribution in [0.2, 0.25) is 0 Å².